The zero-order chi connectivity index (χ0) is 13.9. The summed E-state index contributed by atoms with van der Waals surface area (Å²) in [6, 6.07) is 4.07. The molecule has 0 radical (unpaired) electrons. The molecule has 0 atom stereocenters. The van der Waals surface area contributed by atoms with Gasteiger partial charge in [0, 0.05) is 25.1 Å². The van der Waals surface area contributed by atoms with Crippen molar-refractivity contribution in [1.82, 2.24) is 5.32 Å². The Bertz CT molecular complexity index is 443. The van der Waals surface area contributed by atoms with Crippen molar-refractivity contribution in [3.63, 3.8) is 0 Å². The van der Waals surface area contributed by atoms with Crippen LogP contribution >= 0.6 is 0 Å². The Morgan fingerprint density at radius 1 is 1.21 bits per heavy atom. The summed E-state index contributed by atoms with van der Waals surface area (Å²) in [6.07, 6.45) is 0. The van der Waals surface area contributed by atoms with E-state index in [0.29, 0.717) is 13.2 Å². The van der Waals surface area contributed by atoms with Gasteiger partial charge in [0.15, 0.2) is 11.5 Å². The number of hydrogen-bond acceptors (Lipinski definition) is 4. The minimum atomic E-state index is -0.0955. The highest BCUT2D eigenvalue weighted by atomic mass is 16.6. The molecule has 0 aromatic heterocycles. The second kappa shape index (κ2) is 5.80. The van der Waals surface area contributed by atoms with Gasteiger partial charge in [-0.15, -0.1) is 0 Å². The quantitative estimate of drug-likeness (QED) is 0.853. The normalized spacial score (nSPS) is 14.5. The molecule has 4 heteroatoms. The first-order valence-electron chi connectivity index (χ1n) is 6.72. The summed E-state index contributed by atoms with van der Waals surface area (Å²) < 4.78 is 11.2. The van der Waals surface area contributed by atoms with Gasteiger partial charge in [-0.3, -0.25) is 0 Å². The van der Waals surface area contributed by atoms with E-state index in [2.05, 4.69) is 12.2 Å². The highest BCUT2D eigenvalue weighted by Crippen LogP contribution is 2.32. The molecule has 0 saturated heterocycles. The Hall–Kier alpha value is -1.26. The van der Waals surface area contributed by atoms with Crippen LogP contribution in [0.25, 0.3) is 0 Å². The van der Waals surface area contributed by atoms with Crippen LogP contribution in [-0.4, -0.2) is 31.5 Å². The molecule has 1 aromatic rings. The Morgan fingerprint density at radius 3 is 2.47 bits per heavy atom. The Balaban J connectivity index is 2.00. The second-order valence-corrected chi connectivity index (χ2v) is 5.85. The summed E-state index contributed by atoms with van der Waals surface area (Å²) in [4.78, 5) is 0. The lowest BCUT2D eigenvalue weighted by molar-refractivity contribution is 0.156. The first kappa shape index (κ1) is 14.2. The Labute approximate surface area is 114 Å². The molecule has 0 aliphatic carbocycles. The van der Waals surface area contributed by atoms with Crippen molar-refractivity contribution < 1.29 is 14.6 Å². The molecule has 1 aliphatic rings. The molecule has 0 bridgehead atoms. The number of nitrogens with one attached hydrogen (secondary N) is 1. The molecule has 2 N–H and O–H groups in total. The first-order valence-corrected chi connectivity index (χ1v) is 6.72. The van der Waals surface area contributed by atoms with Gasteiger partial charge in [-0.25, -0.2) is 0 Å². The van der Waals surface area contributed by atoms with Crippen LogP contribution in [0.15, 0.2) is 12.1 Å². The fraction of sp³-hybridized carbons (Fsp3) is 0.600. The predicted molar refractivity (Wildman–Crippen MR) is 74.7 cm³/mol. The van der Waals surface area contributed by atoms with E-state index in [0.717, 1.165) is 24.6 Å². The van der Waals surface area contributed by atoms with E-state index in [1.165, 1.54) is 11.1 Å². The molecule has 19 heavy (non-hydrogen) atoms. The molecular formula is C15H23NO3. The van der Waals surface area contributed by atoms with Gasteiger partial charge in [-0.1, -0.05) is 13.8 Å². The van der Waals surface area contributed by atoms with E-state index in [9.17, 15) is 5.11 Å². The van der Waals surface area contributed by atoms with Crippen LogP contribution in [0.4, 0.5) is 0 Å². The smallest absolute Gasteiger partial charge is 0.161 e. The average molecular weight is 265 g/mol. The molecule has 0 amide bonds. The van der Waals surface area contributed by atoms with Crippen molar-refractivity contribution in [3.8, 4) is 11.5 Å². The lowest BCUT2D eigenvalue weighted by Crippen LogP contribution is -2.32. The minimum absolute atomic E-state index is 0.0955. The first-order chi connectivity index (χ1) is 9.02. The predicted octanol–water partition coefficient (Wildman–Crippen LogP) is 1.87. The van der Waals surface area contributed by atoms with Crippen molar-refractivity contribution in [1.29, 1.82) is 0 Å². The van der Waals surface area contributed by atoms with E-state index in [-0.39, 0.29) is 12.0 Å². The molecule has 0 unspecified atom stereocenters. The molecule has 0 saturated carbocycles. The van der Waals surface area contributed by atoms with Crippen LogP contribution in [0.2, 0.25) is 0 Å². The summed E-state index contributed by atoms with van der Waals surface area (Å²) in [5.41, 5.74) is 2.30. The zero-order valence-corrected chi connectivity index (χ0v) is 12.0. The van der Waals surface area contributed by atoms with E-state index < -0.39 is 0 Å². The Morgan fingerprint density at radius 2 is 1.84 bits per heavy atom. The zero-order valence-electron chi connectivity index (χ0n) is 12.0. The van der Waals surface area contributed by atoms with Crippen molar-refractivity contribution in [2.45, 2.75) is 27.3 Å². The molecule has 1 heterocycles. The molecule has 106 valence electrons. The lowest BCUT2D eigenvalue weighted by atomic mass is 9.95. The highest BCUT2D eigenvalue weighted by molar-refractivity contribution is 5.47. The van der Waals surface area contributed by atoms with Gasteiger partial charge in [0.1, 0.15) is 13.2 Å². The Kier molecular flexibility index (Phi) is 4.32. The van der Waals surface area contributed by atoms with E-state index >= 15 is 0 Å². The van der Waals surface area contributed by atoms with E-state index in [1.807, 2.05) is 26.0 Å². The third kappa shape index (κ3) is 3.61. The molecule has 0 spiro atoms. The monoisotopic (exact) mass is 265 g/mol. The van der Waals surface area contributed by atoms with Crippen molar-refractivity contribution in [2.75, 3.05) is 26.4 Å². The molecule has 4 nitrogen and oxygen atoms in total. The van der Waals surface area contributed by atoms with Gasteiger partial charge in [-0.2, -0.15) is 0 Å². The topological polar surface area (TPSA) is 50.7 Å². The maximum atomic E-state index is 9.23. The van der Waals surface area contributed by atoms with Crippen LogP contribution in [0.3, 0.4) is 0 Å². The van der Waals surface area contributed by atoms with Gasteiger partial charge in [-0.05, 0) is 30.2 Å². The summed E-state index contributed by atoms with van der Waals surface area (Å²) >= 11 is 0. The third-order valence-corrected chi connectivity index (χ3v) is 3.35. The molecule has 0 fully saturated rings. The maximum Gasteiger partial charge on any atom is 0.161 e. The second-order valence-electron chi connectivity index (χ2n) is 5.85. The largest absolute Gasteiger partial charge is 0.486 e. The van der Waals surface area contributed by atoms with Crippen LogP contribution in [0.5, 0.6) is 11.5 Å². The summed E-state index contributed by atoms with van der Waals surface area (Å²) in [5.74, 6) is 1.67. The van der Waals surface area contributed by atoms with Crippen LogP contribution in [-0.2, 0) is 6.54 Å². The fourth-order valence-electron chi connectivity index (χ4n) is 2.01. The average Bonchev–Trinajstić information content (AvgIpc) is 2.39. The molecule has 1 aliphatic heterocycles. The maximum absolute atomic E-state index is 9.23. The molecule has 2 rings (SSSR count). The molecular weight excluding hydrogens is 242 g/mol. The summed E-state index contributed by atoms with van der Waals surface area (Å²) in [6.45, 7) is 9.11. The number of aryl methyl sites for hydroxylation is 1. The lowest BCUT2D eigenvalue weighted by Gasteiger charge is -2.23. The summed E-state index contributed by atoms with van der Waals surface area (Å²) in [5, 5.41) is 12.6. The van der Waals surface area contributed by atoms with E-state index in [1.54, 1.807) is 0 Å². The van der Waals surface area contributed by atoms with Crippen LogP contribution in [0, 0.1) is 12.3 Å². The van der Waals surface area contributed by atoms with Gasteiger partial charge in [0.25, 0.3) is 0 Å². The van der Waals surface area contributed by atoms with Gasteiger partial charge >= 0.3 is 0 Å². The minimum Gasteiger partial charge on any atom is -0.486 e. The fourth-order valence-corrected chi connectivity index (χ4v) is 2.01. The number of aliphatic hydroxyl groups excluding tert-OH is 1. The standard InChI is InChI=1S/C15H23NO3/c1-11-6-13-14(19-5-4-18-13)7-12(11)8-16-9-15(2,3)10-17/h6-7,16-17H,4-5,8-10H2,1-3H3. The third-order valence-electron chi connectivity index (χ3n) is 3.35. The van der Waals surface area contributed by atoms with Crippen LogP contribution < -0.4 is 14.8 Å². The highest BCUT2D eigenvalue weighted by Gasteiger charge is 2.17. The number of fused-ring (bicyclic) bond motifs is 1. The number of benzene rings is 1. The van der Waals surface area contributed by atoms with Crippen molar-refractivity contribution in [3.05, 3.63) is 23.3 Å². The van der Waals surface area contributed by atoms with Crippen molar-refractivity contribution in [2.24, 2.45) is 5.41 Å². The number of aliphatic hydroxyl groups is 1. The van der Waals surface area contributed by atoms with Gasteiger partial charge in [0.2, 0.25) is 0 Å². The SMILES string of the molecule is Cc1cc2c(cc1CNCC(C)(C)CO)OCCO2. The van der Waals surface area contributed by atoms with E-state index in [4.69, 9.17) is 9.47 Å². The summed E-state index contributed by atoms with van der Waals surface area (Å²) in [7, 11) is 0. The van der Waals surface area contributed by atoms with Gasteiger partial charge in [0.05, 0.1) is 0 Å². The number of rotatable bonds is 5. The van der Waals surface area contributed by atoms with Gasteiger partial charge < -0.3 is 19.9 Å². The number of ether oxygens (including phenoxy) is 2. The number of hydrogen-bond donors (Lipinski definition) is 2. The molecule has 1 aromatic carbocycles. The van der Waals surface area contributed by atoms with Crippen LogP contribution in [0.1, 0.15) is 25.0 Å². The van der Waals surface area contributed by atoms with Crippen molar-refractivity contribution >= 4 is 0 Å².